The Bertz CT molecular complexity index is 701. The minimum absolute atomic E-state index is 0.0910. The van der Waals surface area contributed by atoms with Gasteiger partial charge in [0.1, 0.15) is 0 Å². The van der Waals surface area contributed by atoms with Crippen LogP contribution in [0.3, 0.4) is 0 Å². The molecule has 0 unspecified atom stereocenters. The molecule has 0 saturated carbocycles. The standard InChI is InChI=1S/C23H36F10N2O2/c1-13(2)9-34(10-14(3)4)17(36)19(24,25)21(28,29)23(32,33)22(30,31)20(26,27)18(37)35(11-15(5)6)12-16(7)8/h13-16H,9-12H2,1-8H3. The van der Waals surface area contributed by atoms with E-state index in [-0.39, 0.29) is 9.80 Å². The van der Waals surface area contributed by atoms with Gasteiger partial charge < -0.3 is 9.80 Å². The first-order chi connectivity index (χ1) is 16.3. The highest BCUT2D eigenvalue weighted by molar-refractivity contribution is 5.86. The molecule has 0 heterocycles. The van der Waals surface area contributed by atoms with Gasteiger partial charge in [-0.15, -0.1) is 0 Å². The summed E-state index contributed by atoms with van der Waals surface area (Å²) in [4.78, 5) is 24.7. The van der Waals surface area contributed by atoms with Crippen molar-refractivity contribution in [1.29, 1.82) is 0 Å². The van der Waals surface area contributed by atoms with Gasteiger partial charge in [-0.1, -0.05) is 55.4 Å². The number of carbonyl (C=O) groups excluding carboxylic acids is 2. The Balaban J connectivity index is 6.60. The summed E-state index contributed by atoms with van der Waals surface area (Å²) in [7, 11) is 0. The SMILES string of the molecule is CC(C)CN(CC(C)C)C(=O)C(F)(F)C(F)(F)C(F)(F)C(F)(F)C(F)(F)C(=O)N(CC(C)C)CC(C)C. The van der Waals surface area contributed by atoms with Crippen LogP contribution in [0.2, 0.25) is 0 Å². The number of hydrogen-bond donors (Lipinski definition) is 0. The van der Waals surface area contributed by atoms with Crippen LogP contribution in [0.15, 0.2) is 0 Å². The summed E-state index contributed by atoms with van der Waals surface area (Å²) in [6.07, 6.45) is 0. The molecule has 0 atom stereocenters. The van der Waals surface area contributed by atoms with Gasteiger partial charge in [0, 0.05) is 26.2 Å². The highest BCUT2D eigenvalue weighted by atomic mass is 19.4. The van der Waals surface area contributed by atoms with Crippen molar-refractivity contribution in [3.63, 3.8) is 0 Å². The summed E-state index contributed by atoms with van der Waals surface area (Å²) in [5.41, 5.74) is 0. The van der Waals surface area contributed by atoms with Crippen molar-refractivity contribution in [1.82, 2.24) is 9.80 Å². The molecule has 0 radical (unpaired) electrons. The van der Waals surface area contributed by atoms with Gasteiger partial charge in [-0.25, -0.2) is 0 Å². The second-order valence-electron chi connectivity index (χ2n) is 10.9. The summed E-state index contributed by atoms with van der Waals surface area (Å²) >= 11 is 0. The van der Waals surface area contributed by atoms with E-state index >= 15 is 0 Å². The lowest BCUT2D eigenvalue weighted by atomic mass is 9.92. The van der Waals surface area contributed by atoms with E-state index < -0.39 is 91.3 Å². The average Bonchev–Trinajstić information content (AvgIpc) is 2.69. The van der Waals surface area contributed by atoms with Gasteiger partial charge in [0.25, 0.3) is 11.8 Å². The summed E-state index contributed by atoms with van der Waals surface area (Å²) < 4.78 is 145. The van der Waals surface area contributed by atoms with Gasteiger partial charge in [-0.05, 0) is 23.7 Å². The second-order valence-corrected chi connectivity index (χ2v) is 10.9. The number of hydrogen-bond acceptors (Lipinski definition) is 2. The van der Waals surface area contributed by atoms with Gasteiger partial charge in [-0.3, -0.25) is 9.59 Å². The van der Waals surface area contributed by atoms with Crippen LogP contribution in [0.5, 0.6) is 0 Å². The molecular formula is C23H36F10N2O2. The van der Waals surface area contributed by atoms with Crippen molar-refractivity contribution in [2.75, 3.05) is 26.2 Å². The van der Waals surface area contributed by atoms with E-state index in [1.54, 1.807) is 0 Å². The molecule has 37 heavy (non-hydrogen) atoms. The topological polar surface area (TPSA) is 40.6 Å². The van der Waals surface area contributed by atoms with Gasteiger partial charge >= 0.3 is 29.6 Å². The molecule has 0 fully saturated rings. The number of amides is 2. The van der Waals surface area contributed by atoms with Gasteiger partial charge in [0.05, 0.1) is 0 Å². The van der Waals surface area contributed by atoms with Crippen molar-refractivity contribution in [3.05, 3.63) is 0 Å². The van der Waals surface area contributed by atoms with E-state index in [9.17, 15) is 53.5 Å². The van der Waals surface area contributed by atoms with Crippen LogP contribution < -0.4 is 0 Å². The lowest BCUT2D eigenvalue weighted by Gasteiger charge is -2.41. The average molecular weight is 563 g/mol. The van der Waals surface area contributed by atoms with Crippen LogP contribution in [0.4, 0.5) is 43.9 Å². The molecule has 0 rings (SSSR count). The van der Waals surface area contributed by atoms with E-state index in [1.165, 1.54) is 55.4 Å². The minimum Gasteiger partial charge on any atom is -0.337 e. The molecule has 0 spiro atoms. The molecule has 0 saturated heterocycles. The Morgan fingerprint density at radius 1 is 0.459 bits per heavy atom. The van der Waals surface area contributed by atoms with Crippen LogP contribution in [0, 0.1) is 23.7 Å². The molecule has 14 heteroatoms. The molecule has 0 aromatic heterocycles. The maximum atomic E-state index is 14.6. The summed E-state index contributed by atoms with van der Waals surface area (Å²) in [6.45, 7) is 8.54. The van der Waals surface area contributed by atoms with Crippen LogP contribution in [-0.4, -0.2) is 77.4 Å². The first-order valence-corrected chi connectivity index (χ1v) is 11.8. The Morgan fingerprint density at radius 2 is 0.649 bits per heavy atom. The maximum absolute atomic E-state index is 14.6. The van der Waals surface area contributed by atoms with E-state index in [2.05, 4.69) is 0 Å². The first kappa shape index (κ1) is 35.2. The molecule has 0 aromatic rings. The first-order valence-electron chi connectivity index (χ1n) is 11.8. The highest BCUT2D eigenvalue weighted by Crippen LogP contribution is 2.57. The second kappa shape index (κ2) is 12.0. The van der Waals surface area contributed by atoms with Gasteiger partial charge in [0.15, 0.2) is 0 Å². The molecule has 0 aliphatic carbocycles. The van der Waals surface area contributed by atoms with Gasteiger partial charge in [0.2, 0.25) is 0 Å². The summed E-state index contributed by atoms with van der Waals surface area (Å²) in [5, 5.41) is 0. The fourth-order valence-corrected chi connectivity index (χ4v) is 3.50. The molecule has 2 amide bonds. The highest BCUT2D eigenvalue weighted by Gasteiger charge is 2.89. The van der Waals surface area contributed by atoms with Crippen LogP contribution >= 0.6 is 0 Å². The lowest BCUT2D eigenvalue weighted by molar-refractivity contribution is -0.389. The van der Waals surface area contributed by atoms with Crippen molar-refractivity contribution >= 4 is 11.8 Å². The fourth-order valence-electron chi connectivity index (χ4n) is 3.50. The van der Waals surface area contributed by atoms with E-state index in [0.29, 0.717) is 0 Å². The smallest absolute Gasteiger partial charge is 0.337 e. The molecule has 4 nitrogen and oxygen atoms in total. The van der Waals surface area contributed by atoms with Crippen molar-refractivity contribution in [3.8, 4) is 0 Å². The third-order valence-corrected chi connectivity index (χ3v) is 5.03. The third kappa shape index (κ3) is 7.21. The predicted octanol–water partition coefficient (Wildman–Crippen LogP) is 6.44. The molecular weight excluding hydrogens is 526 g/mol. The molecule has 220 valence electrons. The largest absolute Gasteiger partial charge is 0.392 e. The third-order valence-electron chi connectivity index (χ3n) is 5.03. The number of nitrogens with zero attached hydrogens (tertiary/aromatic N) is 2. The zero-order valence-corrected chi connectivity index (χ0v) is 22.1. The van der Waals surface area contributed by atoms with E-state index in [0.717, 1.165) is 0 Å². The van der Waals surface area contributed by atoms with Crippen LogP contribution in [0.25, 0.3) is 0 Å². The number of halogens is 10. The van der Waals surface area contributed by atoms with Crippen LogP contribution in [-0.2, 0) is 9.59 Å². The monoisotopic (exact) mass is 562 g/mol. The summed E-state index contributed by atoms with van der Waals surface area (Å²) in [6, 6.07) is 0. The quantitative estimate of drug-likeness (QED) is 0.229. The van der Waals surface area contributed by atoms with Gasteiger partial charge in [-0.2, -0.15) is 43.9 Å². The molecule has 0 aromatic carbocycles. The molecule has 0 bridgehead atoms. The van der Waals surface area contributed by atoms with Crippen LogP contribution in [0.1, 0.15) is 55.4 Å². The summed E-state index contributed by atoms with van der Waals surface area (Å²) in [5.74, 6) is -43.5. The fraction of sp³-hybridized carbons (Fsp3) is 0.913. The van der Waals surface area contributed by atoms with Crippen molar-refractivity contribution in [2.45, 2.75) is 85.0 Å². The lowest BCUT2D eigenvalue weighted by Crippen LogP contribution is -2.72. The Hall–Kier alpha value is -1.76. The molecule has 0 aliphatic heterocycles. The minimum atomic E-state index is -7.51. The Morgan fingerprint density at radius 3 is 0.811 bits per heavy atom. The van der Waals surface area contributed by atoms with E-state index in [4.69, 9.17) is 0 Å². The zero-order chi connectivity index (χ0) is 29.9. The Labute approximate surface area is 210 Å². The number of carbonyl (C=O) groups is 2. The van der Waals surface area contributed by atoms with Crippen molar-refractivity contribution < 1.29 is 53.5 Å². The molecule has 0 N–H and O–H groups in total. The molecule has 0 aliphatic rings. The number of rotatable bonds is 14. The Kier molecular flexibility index (Phi) is 11.4. The van der Waals surface area contributed by atoms with Crippen molar-refractivity contribution in [2.24, 2.45) is 23.7 Å². The normalized spacial score (nSPS) is 14.2. The zero-order valence-electron chi connectivity index (χ0n) is 22.1. The van der Waals surface area contributed by atoms with E-state index in [1.807, 2.05) is 0 Å². The number of alkyl halides is 10. The maximum Gasteiger partial charge on any atom is 0.392 e. The predicted molar refractivity (Wildman–Crippen MR) is 117 cm³/mol.